The largest absolute Gasteiger partial charge is 0.490 e. The molecule has 0 bridgehead atoms. The third-order valence-corrected chi connectivity index (χ3v) is 4.00. The molecule has 0 radical (unpaired) electrons. The predicted molar refractivity (Wildman–Crippen MR) is 82.4 cm³/mol. The topological polar surface area (TPSA) is 26.3 Å². The number of aryl methyl sites for hydroxylation is 1. The monoisotopic (exact) mass is 330 g/mol. The van der Waals surface area contributed by atoms with E-state index in [2.05, 4.69) is 15.9 Å². The molecular formula is C17H15BrO2. The number of benzene rings is 2. The lowest BCUT2D eigenvalue weighted by Crippen LogP contribution is -2.03. The van der Waals surface area contributed by atoms with Crippen LogP contribution in [0.1, 0.15) is 34.3 Å². The second-order valence-corrected chi connectivity index (χ2v) is 6.01. The van der Waals surface area contributed by atoms with Gasteiger partial charge in [0.15, 0.2) is 5.78 Å². The minimum Gasteiger partial charge on any atom is -0.490 e. The third kappa shape index (κ3) is 2.93. The highest BCUT2D eigenvalue weighted by atomic mass is 79.9. The summed E-state index contributed by atoms with van der Waals surface area (Å²) in [6.45, 7) is 1.98. The van der Waals surface area contributed by atoms with Crippen molar-refractivity contribution in [3.63, 3.8) is 0 Å². The fraction of sp³-hybridized carbons (Fsp3) is 0.235. The molecule has 2 aromatic carbocycles. The first-order chi connectivity index (χ1) is 9.63. The smallest absolute Gasteiger partial charge is 0.194 e. The summed E-state index contributed by atoms with van der Waals surface area (Å²) >= 11 is 3.44. The summed E-state index contributed by atoms with van der Waals surface area (Å²) in [5, 5.41) is 0. The van der Waals surface area contributed by atoms with Crippen LogP contribution in [0.5, 0.6) is 5.75 Å². The van der Waals surface area contributed by atoms with Crippen molar-refractivity contribution in [2.75, 3.05) is 0 Å². The summed E-state index contributed by atoms with van der Waals surface area (Å²) < 4.78 is 6.51. The number of hydrogen-bond donors (Lipinski definition) is 0. The number of carbonyl (C=O) groups excluding carboxylic acids is 1. The van der Waals surface area contributed by atoms with Gasteiger partial charge in [0.05, 0.1) is 6.10 Å². The van der Waals surface area contributed by atoms with Crippen LogP contribution >= 0.6 is 15.9 Å². The zero-order chi connectivity index (χ0) is 14.1. The van der Waals surface area contributed by atoms with Crippen molar-refractivity contribution >= 4 is 21.7 Å². The summed E-state index contributed by atoms with van der Waals surface area (Å²) in [5.74, 6) is 0.867. The number of ether oxygens (including phenoxy) is 1. The fourth-order valence-electron chi connectivity index (χ4n) is 2.03. The molecule has 0 aliphatic heterocycles. The standard InChI is InChI=1S/C17H15BrO2/c1-11-2-9-16(18)15(10-11)17(19)12-3-5-13(6-4-12)20-14-7-8-14/h2-6,9-10,14H,7-8H2,1H3. The van der Waals surface area contributed by atoms with E-state index in [1.165, 1.54) is 0 Å². The van der Waals surface area contributed by atoms with Crippen molar-refractivity contribution in [1.82, 2.24) is 0 Å². The summed E-state index contributed by atoms with van der Waals surface area (Å²) in [6.07, 6.45) is 2.65. The predicted octanol–water partition coefficient (Wildman–Crippen LogP) is 4.53. The zero-order valence-electron chi connectivity index (χ0n) is 11.2. The van der Waals surface area contributed by atoms with E-state index in [0.29, 0.717) is 17.2 Å². The lowest BCUT2D eigenvalue weighted by atomic mass is 10.0. The molecule has 0 heterocycles. The van der Waals surface area contributed by atoms with E-state index in [1.54, 1.807) is 0 Å². The van der Waals surface area contributed by atoms with E-state index in [-0.39, 0.29) is 5.78 Å². The summed E-state index contributed by atoms with van der Waals surface area (Å²) in [6, 6.07) is 13.2. The van der Waals surface area contributed by atoms with Crippen molar-refractivity contribution in [3.8, 4) is 5.75 Å². The molecule has 1 aliphatic rings. The lowest BCUT2D eigenvalue weighted by molar-refractivity contribution is 0.103. The fourth-order valence-corrected chi connectivity index (χ4v) is 2.46. The zero-order valence-corrected chi connectivity index (χ0v) is 12.8. The molecule has 102 valence electrons. The van der Waals surface area contributed by atoms with Crippen molar-refractivity contribution in [3.05, 3.63) is 63.6 Å². The first-order valence-corrected chi connectivity index (χ1v) is 7.50. The van der Waals surface area contributed by atoms with E-state index in [1.807, 2.05) is 49.4 Å². The Morgan fingerprint density at radius 1 is 1.15 bits per heavy atom. The first kappa shape index (κ1) is 13.4. The van der Waals surface area contributed by atoms with Crippen molar-refractivity contribution in [1.29, 1.82) is 0 Å². The number of rotatable bonds is 4. The Kier molecular flexibility index (Phi) is 3.62. The maximum Gasteiger partial charge on any atom is 0.194 e. The molecule has 2 nitrogen and oxygen atoms in total. The summed E-state index contributed by atoms with van der Waals surface area (Å²) in [5.41, 5.74) is 2.45. The molecule has 20 heavy (non-hydrogen) atoms. The number of halogens is 1. The van der Waals surface area contributed by atoms with Crippen LogP contribution in [-0.4, -0.2) is 11.9 Å². The molecule has 1 aliphatic carbocycles. The second-order valence-electron chi connectivity index (χ2n) is 5.15. The summed E-state index contributed by atoms with van der Waals surface area (Å²) in [4.78, 5) is 12.5. The molecule has 0 aromatic heterocycles. The molecule has 2 aromatic rings. The van der Waals surface area contributed by atoms with Crippen LogP contribution in [0.4, 0.5) is 0 Å². The van der Waals surface area contributed by atoms with Gasteiger partial charge in [0.25, 0.3) is 0 Å². The number of carbonyl (C=O) groups is 1. The van der Waals surface area contributed by atoms with Crippen LogP contribution in [0.2, 0.25) is 0 Å². The molecule has 0 amide bonds. The minimum absolute atomic E-state index is 0.0264. The maximum atomic E-state index is 12.5. The average molecular weight is 331 g/mol. The molecule has 1 fully saturated rings. The van der Waals surface area contributed by atoms with Gasteiger partial charge in [-0.05, 0) is 56.2 Å². The van der Waals surface area contributed by atoms with Crippen LogP contribution in [0.3, 0.4) is 0 Å². The molecular weight excluding hydrogens is 316 g/mol. The Hall–Kier alpha value is -1.61. The highest BCUT2D eigenvalue weighted by Crippen LogP contribution is 2.27. The van der Waals surface area contributed by atoms with Gasteiger partial charge < -0.3 is 4.74 Å². The van der Waals surface area contributed by atoms with Gasteiger partial charge >= 0.3 is 0 Å². The van der Waals surface area contributed by atoms with Crippen LogP contribution < -0.4 is 4.74 Å². The van der Waals surface area contributed by atoms with Gasteiger partial charge in [-0.25, -0.2) is 0 Å². The maximum absolute atomic E-state index is 12.5. The van der Waals surface area contributed by atoms with Gasteiger partial charge in [-0.1, -0.05) is 27.6 Å². The molecule has 1 saturated carbocycles. The lowest BCUT2D eigenvalue weighted by Gasteiger charge is -2.07. The second kappa shape index (κ2) is 5.41. The normalized spacial score (nSPS) is 14.1. The minimum atomic E-state index is 0.0264. The Balaban J connectivity index is 1.83. The van der Waals surface area contributed by atoms with Gasteiger partial charge in [0, 0.05) is 15.6 Å². The Morgan fingerprint density at radius 3 is 2.50 bits per heavy atom. The van der Waals surface area contributed by atoms with Crippen molar-refractivity contribution < 1.29 is 9.53 Å². The highest BCUT2D eigenvalue weighted by Gasteiger charge is 2.23. The Labute approximate surface area is 126 Å². The van der Waals surface area contributed by atoms with Crippen molar-refractivity contribution in [2.24, 2.45) is 0 Å². The average Bonchev–Trinajstić information content (AvgIpc) is 3.26. The van der Waals surface area contributed by atoms with Crippen LogP contribution in [0.15, 0.2) is 46.9 Å². The molecule has 0 spiro atoms. The molecule has 0 unspecified atom stereocenters. The van der Waals surface area contributed by atoms with Crippen LogP contribution in [-0.2, 0) is 0 Å². The van der Waals surface area contributed by atoms with E-state index in [0.717, 1.165) is 28.6 Å². The van der Waals surface area contributed by atoms with Gasteiger partial charge in [0.1, 0.15) is 5.75 Å². The molecule has 0 N–H and O–H groups in total. The molecule has 0 atom stereocenters. The van der Waals surface area contributed by atoms with Gasteiger partial charge in [-0.15, -0.1) is 0 Å². The first-order valence-electron chi connectivity index (χ1n) is 6.71. The van der Waals surface area contributed by atoms with E-state index < -0.39 is 0 Å². The quantitative estimate of drug-likeness (QED) is 0.770. The SMILES string of the molecule is Cc1ccc(Br)c(C(=O)c2ccc(OC3CC3)cc2)c1. The van der Waals surface area contributed by atoms with Crippen molar-refractivity contribution in [2.45, 2.75) is 25.9 Å². The van der Waals surface area contributed by atoms with Gasteiger partial charge in [0.2, 0.25) is 0 Å². The number of hydrogen-bond acceptors (Lipinski definition) is 2. The Bertz CT molecular complexity index is 643. The van der Waals surface area contributed by atoms with E-state index in [9.17, 15) is 4.79 Å². The van der Waals surface area contributed by atoms with Gasteiger partial charge in [-0.2, -0.15) is 0 Å². The molecule has 3 heteroatoms. The van der Waals surface area contributed by atoms with Gasteiger partial charge in [-0.3, -0.25) is 4.79 Å². The molecule has 3 rings (SSSR count). The van der Waals surface area contributed by atoms with E-state index >= 15 is 0 Å². The van der Waals surface area contributed by atoms with E-state index in [4.69, 9.17) is 4.74 Å². The highest BCUT2D eigenvalue weighted by molar-refractivity contribution is 9.10. The summed E-state index contributed by atoms with van der Waals surface area (Å²) in [7, 11) is 0. The number of ketones is 1. The third-order valence-electron chi connectivity index (χ3n) is 3.31. The van der Waals surface area contributed by atoms with Crippen LogP contribution in [0.25, 0.3) is 0 Å². The molecule has 0 saturated heterocycles. The Morgan fingerprint density at radius 2 is 1.85 bits per heavy atom. The van der Waals surface area contributed by atoms with Crippen LogP contribution in [0, 0.1) is 6.92 Å².